The number of ether oxygens (including phenoxy) is 1. The van der Waals surface area contributed by atoms with Crippen molar-refractivity contribution in [3.8, 4) is 5.75 Å². The minimum atomic E-state index is -1.17. The molecule has 2 fully saturated rings. The maximum absolute atomic E-state index is 13.3. The van der Waals surface area contributed by atoms with Crippen molar-refractivity contribution in [3.05, 3.63) is 59.2 Å². The van der Waals surface area contributed by atoms with E-state index in [9.17, 15) is 19.5 Å². The lowest BCUT2D eigenvalue weighted by atomic mass is 10.0. The van der Waals surface area contributed by atoms with Crippen LogP contribution in [0.2, 0.25) is 0 Å². The van der Waals surface area contributed by atoms with Crippen LogP contribution in [0.3, 0.4) is 0 Å². The second-order valence-electron chi connectivity index (χ2n) is 11.9. The Morgan fingerprint density at radius 1 is 1.02 bits per heavy atom. The van der Waals surface area contributed by atoms with E-state index in [4.69, 9.17) is 4.74 Å². The number of piperidine rings is 1. The van der Waals surface area contributed by atoms with Crippen molar-refractivity contribution in [3.63, 3.8) is 0 Å². The number of aromatic hydroxyl groups is 1. The molecule has 5 rings (SSSR count). The van der Waals surface area contributed by atoms with E-state index in [2.05, 4.69) is 27.0 Å². The molecule has 10 heteroatoms. The number of carbonyl (C=O) groups is 3. The van der Waals surface area contributed by atoms with E-state index in [0.717, 1.165) is 48.9 Å². The first-order chi connectivity index (χ1) is 21.4. The Morgan fingerprint density at radius 3 is 2.52 bits per heavy atom. The molecule has 0 radical (unpaired) electrons. The average Bonchev–Trinajstić information content (AvgIpc) is 3.39. The number of nitrogens with zero attached hydrogens (tertiary/aromatic N) is 4. The first-order valence-electron chi connectivity index (χ1n) is 15.7. The summed E-state index contributed by atoms with van der Waals surface area (Å²) in [6.07, 6.45) is 6.98. The number of hydrogen-bond donors (Lipinski definition) is 2. The maximum Gasteiger partial charge on any atom is 0.410 e. The summed E-state index contributed by atoms with van der Waals surface area (Å²) >= 11 is 0. The monoisotopic (exact) mass is 599 g/mol. The number of phenolic OH excluding ortho intramolecular Hbond substituents is 1. The van der Waals surface area contributed by atoms with Gasteiger partial charge in [-0.15, -0.1) is 0 Å². The number of aryl methyl sites for hydroxylation is 1. The van der Waals surface area contributed by atoms with Gasteiger partial charge in [0, 0.05) is 37.8 Å². The molecule has 0 unspecified atom stereocenters. The molecule has 3 aliphatic rings. The Labute approximate surface area is 258 Å². The largest absolute Gasteiger partial charge is 0.508 e. The first kappa shape index (κ1) is 31.0. The third kappa shape index (κ3) is 8.16. The van der Waals surface area contributed by atoms with Gasteiger partial charge < -0.3 is 25.0 Å². The SMILES string of the molecule is Cc1cc(C[C@@H](OC(=O)N2CCC(N3CCc4ccccc4NC3=O)CC2)C(=O)N=C=C=NC2CCCCCC2)ccc1O. The van der Waals surface area contributed by atoms with Crippen LogP contribution in [0, 0.1) is 6.92 Å². The minimum absolute atomic E-state index is 0.00625. The lowest BCUT2D eigenvalue weighted by molar-refractivity contribution is -0.126. The summed E-state index contributed by atoms with van der Waals surface area (Å²) < 4.78 is 5.74. The van der Waals surface area contributed by atoms with Crippen molar-refractivity contribution in [1.82, 2.24) is 9.80 Å². The second kappa shape index (κ2) is 14.9. The number of nitrogens with one attached hydrogen (secondary N) is 1. The van der Waals surface area contributed by atoms with Gasteiger partial charge in [0.1, 0.15) is 5.75 Å². The zero-order chi connectivity index (χ0) is 30.9. The highest BCUT2D eigenvalue weighted by Gasteiger charge is 2.33. The molecule has 1 saturated carbocycles. The molecule has 0 spiro atoms. The van der Waals surface area contributed by atoms with Gasteiger partial charge in [-0.1, -0.05) is 56.0 Å². The fourth-order valence-corrected chi connectivity index (χ4v) is 6.19. The van der Waals surface area contributed by atoms with E-state index in [1.54, 1.807) is 30.0 Å². The van der Waals surface area contributed by atoms with E-state index in [-0.39, 0.29) is 30.3 Å². The van der Waals surface area contributed by atoms with Crippen molar-refractivity contribution in [2.45, 2.75) is 89.3 Å². The third-order valence-electron chi connectivity index (χ3n) is 8.79. The molecule has 2 heterocycles. The summed E-state index contributed by atoms with van der Waals surface area (Å²) in [5.41, 5.74) is 3.33. The molecular weight excluding hydrogens is 558 g/mol. The number of urea groups is 1. The predicted octanol–water partition coefficient (Wildman–Crippen LogP) is 5.45. The lowest BCUT2D eigenvalue weighted by Crippen LogP contribution is -2.50. The molecule has 2 aliphatic heterocycles. The van der Waals surface area contributed by atoms with Gasteiger partial charge in [0.05, 0.1) is 17.8 Å². The lowest BCUT2D eigenvalue weighted by Gasteiger charge is -2.37. The predicted molar refractivity (Wildman–Crippen MR) is 169 cm³/mol. The molecule has 0 aromatic heterocycles. The standard InChI is InChI=1S/C34H41N5O5/c1-24-22-25(12-13-30(24)40)23-31(32(41)36-18-17-35-27-9-4-2-3-5-10-27)44-34(43)38-19-15-28(16-20-38)39-21-14-26-8-6-7-11-29(26)37-33(39)42/h6-8,11-13,22,27-28,31,40H,2-5,9-10,14-16,19-21,23H2,1H3,(H,37,42)/t31-/m1/s1. The van der Waals surface area contributed by atoms with Crippen LogP contribution < -0.4 is 5.32 Å². The normalized spacial score (nSPS) is 18.4. The van der Waals surface area contributed by atoms with Gasteiger partial charge in [0.2, 0.25) is 0 Å². The van der Waals surface area contributed by atoms with Crippen molar-refractivity contribution < 1.29 is 24.2 Å². The van der Waals surface area contributed by atoms with Crippen LogP contribution in [0.25, 0.3) is 0 Å². The topological polar surface area (TPSA) is 124 Å². The number of para-hydroxylation sites is 1. The van der Waals surface area contributed by atoms with Crippen molar-refractivity contribution >= 4 is 35.5 Å². The smallest absolute Gasteiger partial charge is 0.410 e. The number of aliphatic imine (C=N–C) groups is 2. The van der Waals surface area contributed by atoms with Gasteiger partial charge >= 0.3 is 12.1 Å². The van der Waals surface area contributed by atoms with E-state index in [1.165, 1.54) is 12.8 Å². The summed E-state index contributed by atoms with van der Waals surface area (Å²) in [6, 6.07) is 12.9. The minimum Gasteiger partial charge on any atom is -0.508 e. The third-order valence-corrected chi connectivity index (χ3v) is 8.79. The Bertz CT molecular complexity index is 1450. The summed E-state index contributed by atoms with van der Waals surface area (Å²) in [7, 11) is 0. The van der Waals surface area contributed by atoms with Crippen LogP contribution in [0.1, 0.15) is 68.1 Å². The zero-order valence-electron chi connectivity index (χ0n) is 25.3. The molecule has 232 valence electrons. The Kier molecular flexibility index (Phi) is 10.5. The molecule has 0 bridgehead atoms. The number of likely N-dealkylation sites (tertiary alicyclic amines) is 1. The van der Waals surface area contributed by atoms with Crippen LogP contribution in [0.5, 0.6) is 5.75 Å². The number of phenols is 1. The van der Waals surface area contributed by atoms with Crippen LogP contribution in [-0.2, 0) is 22.4 Å². The first-order valence-corrected chi connectivity index (χ1v) is 15.7. The fraction of sp³-hybridized carbons (Fsp3) is 0.500. The Balaban J connectivity index is 1.22. The zero-order valence-corrected chi connectivity index (χ0v) is 25.3. The van der Waals surface area contributed by atoms with Crippen molar-refractivity contribution in [2.24, 2.45) is 9.98 Å². The molecule has 2 aromatic rings. The fourth-order valence-electron chi connectivity index (χ4n) is 6.19. The molecule has 1 atom stereocenters. The van der Waals surface area contributed by atoms with Gasteiger partial charge in [-0.05, 0) is 67.9 Å². The number of anilines is 1. The molecule has 1 aliphatic carbocycles. The van der Waals surface area contributed by atoms with E-state index in [1.807, 2.05) is 29.2 Å². The molecule has 4 amide bonds. The number of fused-ring (bicyclic) bond motifs is 1. The summed E-state index contributed by atoms with van der Waals surface area (Å²) in [6.45, 7) is 3.17. The quantitative estimate of drug-likeness (QED) is 0.338. The van der Waals surface area contributed by atoms with Gasteiger partial charge in [-0.2, -0.15) is 4.99 Å². The molecule has 10 nitrogen and oxygen atoms in total. The number of carbonyl (C=O) groups excluding carboxylic acids is 3. The van der Waals surface area contributed by atoms with Crippen LogP contribution >= 0.6 is 0 Å². The number of benzene rings is 2. The van der Waals surface area contributed by atoms with Gasteiger partial charge in [-0.3, -0.25) is 4.79 Å². The Morgan fingerprint density at radius 2 is 1.77 bits per heavy atom. The molecule has 2 aromatic carbocycles. The van der Waals surface area contributed by atoms with Gasteiger partial charge in [0.25, 0.3) is 5.91 Å². The molecular formula is C34H41N5O5. The highest BCUT2D eigenvalue weighted by molar-refractivity contribution is 5.97. The van der Waals surface area contributed by atoms with E-state index >= 15 is 0 Å². The molecule has 1 saturated heterocycles. The van der Waals surface area contributed by atoms with Gasteiger partial charge in [-0.25, -0.2) is 14.6 Å². The summed E-state index contributed by atoms with van der Waals surface area (Å²) in [5.74, 6) is 4.70. The van der Waals surface area contributed by atoms with Gasteiger partial charge in [0.15, 0.2) is 6.10 Å². The number of amides is 4. The molecule has 44 heavy (non-hydrogen) atoms. The highest BCUT2D eigenvalue weighted by atomic mass is 16.6. The summed E-state index contributed by atoms with van der Waals surface area (Å²) in [5, 5.41) is 12.9. The average molecular weight is 600 g/mol. The van der Waals surface area contributed by atoms with E-state index < -0.39 is 18.1 Å². The summed E-state index contributed by atoms with van der Waals surface area (Å²) in [4.78, 5) is 51.1. The maximum atomic E-state index is 13.3. The number of hydrogen-bond acceptors (Lipinski definition) is 6. The van der Waals surface area contributed by atoms with Crippen molar-refractivity contribution in [1.29, 1.82) is 0 Å². The second-order valence-corrected chi connectivity index (χ2v) is 11.9. The van der Waals surface area contributed by atoms with E-state index in [0.29, 0.717) is 38.0 Å². The Hall–Kier alpha value is -4.39. The van der Waals surface area contributed by atoms with Crippen LogP contribution in [0.4, 0.5) is 15.3 Å². The molecule has 2 N–H and O–H groups in total. The van der Waals surface area contributed by atoms with Crippen molar-refractivity contribution in [2.75, 3.05) is 25.0 Å². The van der Waals surface area contributed by atoms with Crippen LogP contribution in [0.15, 0.2) is 52.4 Å². The number of rotatable bonds is 6. The highest BCUT2D eigenvalue weighted by Crippen LogP contribution is 2.25. The van der Waals surface area contributed by atoms with Crippen LogP contribution in [-0.4, -0.2) is 82.5 Å².